The summed E-state index contributed by atoms with van der Waals surface area (Å²) in [6.07, 6.45) is 0. The van der Waals surface area contributed by atoms with Crippen molar-refractivity contribution in [2.75, 3.05) is 26.8 Å². The Morgan fingerprint density at radius 1 is 1.40 bits per heavy atom. The second kappa shape index (κ2) is 8.49. The van der Waals surface area contributed by atoms with Crippen molar-refractivity contribution in [1.29, 1.82) is 0 Å². The van der Waals surface area contributed by atoms with E-state index in [2.05, 4.69) is 36.5 Å². The zero-order valence-electron chi connectivity index (χ0n) is 10.2. The summed E-state index contributed by atoms with van der Waals surface area (Å²) < 4.78 is 4.91. The van der Waals surface area contributed by atoms with Gasteiger partial charge in [0.25, 0.3) is 0 Å². The van der Waals surface area contributed by atoms with Crippen LogP contribution < -0.4 is 16.6 Å². The predicted molar refractivity (Wildman–Crippen MR) is 63.5 cm³/mol. The maximum absolute atomic E-state index is 5.33. The molecule has 0 heterocycles. The van der Waals surface area contributed by atoms with E-state index < -0.39 is 0 Å². The van der Waals surface area contributed by atoms with Crippen LogP contribution in [0.2, 0.25) is 0 Å². The minimum Gasteiger partial charge on any atom is -0.383 e. The van der Waals surface area contributed by atoms with Gasteiger partial charge in [-0.3, -0.25) is 10.4 Å². The van der Waals surface area contributed by atoms with Gasteiger partial charge in [-0.25, -0.2) is 5.84 Å². The number of nitrogens with one attached hydrogen (secondary N) is 2. The average molecular weight is 216 g/mol. The third-order valence-electron chi connectivity index (χ3n) is 2.41. The Hall–Kier alpha value is -0.810. The van der Waals surface area contributed by atoms with Crippen molar-refractivity contribution in [1.82, 2.24) is 10.7 Å². The molecule has 0 spiro atoms. The van der Waals surface area contributed by atoms with E-state index in [0.717, 1.165) is 6.54 Å². The van der Waals surface area contributed by atoms with E-state index in [1.807, 2.05) is 0 Å². The number of methoxy groups -OCH3 is 1. The van der Waals surface area contributed by atoms with E-state index >= 15 is 0 Å². The predicted octanol–water partition coefficient (Wildman–Crippen LogP) is 0.334. The van der Waals surface area contributed by atoms with Crippen LogP contribution in [0.1, 0.15) is 20.8 Å². The lowest BCUT2D eigenvalue weighted by molar-refractivity contribution is 0.203. The fraction of sp³-hybridized carbons (Fsp3) is 0.900. The topological polar surface area (TPSA) is 71.7 Å². The molecule has 0 saturated carbocycles. The van der Waals surface area contributed by atoms with Crippen LogP contribution in [0.3, 0.4) is 0 Å². The molecule has 5 heteroatoms. The average Bonchev–Trinajstić information content (AvgIpc) is 2.22. The number of hydrogen-bond donors (Lipinski definition) is 3. The van der Waals surface area contributed by atoms with E-state index in [-0.39, 0.29) is 0 Å². The van der Waals surface area contributed by atoms with Gasteiger partial charge in [0.1, 0.15) is 0 Å². The SMILES string of the molecule is COCCNC(=NCC(C)C(C)C)NN. The number of guanidine groups is 1. The highest BCUT2D eigenvalue weighted by Gasteiger charge is 2.06. The molecule has 0 aromatic rings. The van der Waals surface area contributed by atoms with Crippen LogP contribution in [0.5, 0.6) is 0 Å². The summed E-state index contributed by atoms with van der Waals surface area (Å²) in [5, 5.41) is 3.05. The highest BCUT2D eigenvalue weighted by Crippen LogP contribution is 2.08. The Morgan fingerprint density at radius 2 is 2.07 bits per heavy atom. The van der Waals surface area contributed by atoms with Crippen molar-refractivity contribution in [3.05, 3.63) is 0 Å². The standard InChI is InChI=1S/C10H24N4O/c1-8(2)9(3)7-13-10(14-11)12-5-6-15-4/h8-9H,5-7,11H2,1-4H3,(H2,12,13,14). The van der Waals surface area contributed by atoms with Crippen LogP contribution >= 0.6 is 0 Å². The van der Waals surface area contributed by atoms with Crippen molar-refractivity contribution < 1.29 is 4.74 Å². The van der Waals surface area contributed by atoms with Crippen LogP contribution in [0.25, 0.3) is 0 Å². The van der Waals surface area contributed by atoms with Crippen molar-refractivity contribution >= 4 is 5.96 Å². The van der Waals surface area contributed by atoms with E-state index in [1.54, 1.807) is 7.11 Å². The third kappa shape index (κ3) is 7.16. The Labute approximate surface area is 92.4 Å². The highest BCUT2D eigenvalue weighted by atomic mass is 16.5. The van der Waals surface area contributed by atoms with Crippen LogP contribution in [0.4, 0.5) is 0 Å². The first-order chi connectivity index (χ1) is 7.11. The van der Waals surface area contributed by atoms with Gasteiger partial charge >= 0.3 is 0 Å². The first kappa shape index (κ1) is 14.2. The third-order valence-corrected chi connectivity index (χ3v) is 2.41. The van der Waals surface area contributed by atoms with Crippen LogP contribution in [0.15, 0.2) is 4.99 Å². The first-order valence-corrected chi connectivity index (χ1v) is 5.35. The second-order valence-electron chi connectivity index (χ2n) is 3.97. The van der Waals surface area contributed by atoms with E-state index in [1.165, 1.54) is 0 Å². The van der Waals surface area contributed by atoms with Gasteiger partial charge in [-0.1, -0.05) is 20.8 Å². The van der Waals surface area contributed by atoms with E-state index in [9.17, 15) is 0 Å². The Morgan fingerprint density at radius 3 is 2.53 bits per heavy atom. The van der Waals surface area contributed by atoms with Crippen molar-refractivity contribution in [3.8, 4) is 0 Å². The molecule has 0 rings (SSSR count). The van der Waals surface area contributed by atoms with Crippen LogP contribution in [-0.2, 0) is 4.74 Å². The molecule has 5 nitrogen and oxygen atoms in total. The smallest absolute Gasteiger partial charge is 0.205 e. The second-order valence-corrected chi connectivity index (χ2v) is 3.97. The van der Waals surface area contributed by atoms with E-state index in [0.29, 0.717) is 30.9 Å². The number of rotatable bonds is 6. The molecule has 0 aliphatic heterocycles. The van der Waals surface area contributed by atoms with Gasteiger partial charge in [0.15, 0.2) is 0 Å². The lowest BCUT2D eigenvalue weighted by Gasteiger charge is -2.14. The molecule has 15 heavy (non-hydrogen) atoms. The lowest BCUT2D eigenvalue weighted by atomic mass is 9.99. The van der Waals surface area contributed by atoms with E-state index in [4.69, 9.17) is 10.6 Å². The molecule has 0 amide bonds. The van der Waals surface area contributed by atoms with Crippen LogP contribution in [0, 0.1) is 11.8 Å². The molecule has 0 fully saturated rings. The number of nitrogens with two attached hydrogens (primary N) is 1. The van der Waals surface area contributed by atoms with Gasteiger partial charge < -0.3 is 10.1 Å². The molecule has 1 atom stereocenters. The highest BCUT2D eigenvalue weighted by molar-refractivity contribution is 5.79. The molecular weight excluding hydrogens is 192 g/mol. The maximum Gasteiger partial charge on any atom is 0.205 e. The van der Waals surface area contributed by atoms with Gasteiger partial charge in [0.2, 0.25) is 5.96 Å². The zero-order valence-corrected chi connectivity index (χ0v) is 10.2. The van der Waals surface area contributed by atoms with Gasteiger partial charge in [0.05, 0.1) is 6.61 Å². The largest absolute Gasteiger partial charge is 0.383 e. The fourth-order valence-electron chi connectivity index (χ4n) is 0.870. The molecule has 0 aromatic heterocycles. The quantitative estimate of drug-likeness (QED) is 0.197. The van der Waals surface area contributed by atoms with Crippen molar-refractivity contribution in [3.63, 3.8) is 0 Å². The first-order valence-electron chi connectivity index (χ1n) is 5.35. The summed E-state index contributed by atoms with van der Waals surface area (Å²) in [5.74, 6) is 7.14. The van der Waals surface area contributed by atoms with Gasteiger partial charge in [-0.2, -0.15) is 0 Å². The summed E-state index contributed by atoms with van der Waals surface area (Å²) in [5.41, 5.74) is 2.54. The minimum absolute atomic E-state index is 0.553. The summed E-state index contributed by atoms with van der Waals surface area (Å²) >= 11 is 0. The molecule has 0 aliphatic carbocycles. The Balaban J connectivity index is 3.88. The number of nitrogens with zero attached hydrogens (tertiary/aromatic N) is 1. The fourth-order valence-corrected chi connectivity index (χ4v) is 0.870. The molecule has 4 N–H and O–H groups in total. The zero-order chi connectivity index (χ0) is 11.7. The number of hydrazine groups is 1. The molecule has 0 aliphatic rings. The molecule has 0 aromatic carbocycles. The summed E-state index contributed by atoms with van der Waals surface area (Å²) in [6.45, 7) is 8.67. The van der Waals surface area contributed by atoms with Crippen LogP contribution in [-0.4, -0.2) is 32.8 Å². The van der Waals surface area contributed by atoms with Gasteiger partial charge in [-0.05, 0) is 11.8 Å². The minimum atomic E-state index is 0.553. The molecule has 0 radical (unpaired) electrons. The molecule has 0 bridgehead atoms. The maximum atomic E-state index is 5.33. The number of ether oxygens (including phenoxy) is 1. The van der Waals surface area contributed by atoms with Gasteiger partial charge in [-0.15, -0.1) is 0 Å². The number of hydrogen-bond acceptors (Lipinski definition) is 3. The summed E-state index contributed by atoms with van der Waals surface area (Å²) in [7, 11) is 1.66. The lowest BCUT2D eigenvalue weighted by Crippen LogP contribution is -2.43. The van der Waals surface area contributed by atoms with Gasteiger partial charge in [0, 0.05) is 20.2 Å². The summed E-state index contributed by atoms with van der Waals surface area (Å²) in [4.78, 5) is 4.35. The molecular formula is C10H24N4O. The molecule has 1 unspecified atom stereocenters. The Bertz CT molecular complexity index is 182. The van der Waals surface area contributed by atoms with Crippen molar-refractivity contribution in [2.45, 2.75) is 20.8 Å². The normalized spacial score (nSPS) is 14.1. The molecule has 90 valence electrons. The monoisotopic (exact) mass is 216 g/mol. The Kier molecular flexibility index (Phi) is 8.04. The summed E-state index contributed by atoms with van der Waals surface area (Å²) in [6, 6.07) is 0. The molecule has 0 saturated heterocycles. The van der Waals surface area contributed by atoms with Crippen molar-refractivity contribution in [2.24, 2.45) is 22.7 Å². The number of aliphatic imine (C=N–C) groups is 1.